The smallest absolute Gasteiger partial charge is 0.450 e. The second kappa shape index (κ2) is 5.29. The van der Waals surface area contributed by atoms with Gasteiger partial charge in [-0.2, -0.15) is 13.2 Å². The fraction of sp³-hybridized carbons (Fsp3) is 0.375. The molecule has 8 heteroatoms. The minimum atomic E-state index is -5.27. The molecule has 0 bridgehead atoms. The maximum absolute atomic E-state index is 11.6. The molecular formula is C8H7F3O5. The van der Waals surface area contributed by atoms with Gasteiger partial charge >= 0.3 is 24.1 Å². The van der Waals surface area contributed by atoms with E-state index in [2.05, 4.69) is 16.1 Å². The third kappa shape index (κ3) is 5.13. The summed E-state index contributed by atoms with van der Waals surface area (Å²) < 4.78 is 42.2. The number of alkyl halides is 3. The molecule has 0 rings (SSSR count). The van der Waals surface area contributed by atoms with Crippen molar-refractivity contribution in [2.24, 2.45) is 0 Å². The molecule has 0 saturated heterocycles. The van der Waals surface area contributed by atoms with Crippen LogP contribution in [0.4, 0.5) is 13.2 Å². The van der Waals surface area contributed by atoms with E-state index in [1.54, 1.807) is 0 Å². The van der Waals surface area contributed by atoms with Crippen molar-refractivity contribution in [2.75, 3.05) is 6.61 Å². The van der Waals surface area contributed by atoms with E-state index >= 15 is 0 Å². The number of carbonyl (C=O) groups excluding carboxylic acids is 3. The van der Waals surface area contributed by atoms with Gasteiger partial charge in [-0.3, -0.25) is 0 Å². The lowest BCUT2D eigenvalue weighted by Gasteiger charge is -2.06. The highest BCUT2D eigenvalue weighted by Gasteiger charge is 2.42. The van der Waals surface area contributed by atoms with E-state index < -0.39 is 30.7 Å². The molecule has 16 heavy (non-hydrogen) atoms. The van der Waals surface area contributed by atoms with E-state index in [0.29, 0.717) is 0 Å². The molecule has 0 atom stereocenters. The number of ether oxygens (including phenoxy) is 2. The zero-order valence-corrected chi connectivity index (χ0v) is 8.09. The summed E-state index contributed by atoms with van der Waals surface area (Å²) >= 11 is 0. The van der Waals surface area contributed by atoms with E-state index in [1.165, 1.54) is 6.92 Å². The molecule has 0 N–H and O–H groups in total. The largest absolute Gasteiger partial charge is 0.491 e. The predicted octanol–water partition coefficient (Wildman–Crippen LogP) is 0.738. The van der Waals surface area contributed by atoms with Gasteiger partial charge < -0.3 is 9.47 Å². The molecule has 0 heterocycles. The lowest BCUT2D eigenvalue weighted by Crippen LogP contribution is -2.30. The number of halogens is 3. The molecule has 0 fully saturated rings. The van der Waals surface area contributed by atoms with Gasteiger partial charge in [0.1, 0.15) is 0 Å². The van der Waals surface area contributed by atoms with Gasteiger partial charge in [0.05, 0.1) is 0 Å². The van der Waals surface area contributed by atoms with E-state index in [-0.39, 0.29) is 5.57 Å². The number of esters is 3. The standard InChI is InChI=1S/C8H7F3O5/c1-4(2)6(13)15-3-5(12)16-7(14)8(9,10)11/h1,3H2,2H3. The first-order chi connectivity index (χ1) is 7.14. The van der Waals surface area contributed by atoms with Crippen LogP contribution >= 0.6 is 0 Å². The fourth-order valence-electron chi connectivity index (χ4n) is 0.438. The van der Waals surface area contributed by atoms with Gasteiger partial charge in [-0.25, -0.2) is 14.4 Å². The molecule has 90 valence electrons. The van der Waals surface area contributed by atoms with Crippen LogP contribution in [0.1, 0.15) is 6.92 Å². The Balaban J connectivity index is 4.07. The number of hydrogen-bond donors (Lipinski definition) is 0. The molecule has 0 unspecified atom stereocenters. The van der Waals surface area contributed by atoms with Crippen LogP contribution in [0, 0.1) is 0 Å². The number of hydrogen-bond acceptors (Lipinski definition) is 5. The summed E-state index contributed by atoms with van der Waals surface area (Å²) in [4.78, 5) is 31.4. The van der Waals surface area contributed by atoms with Crippen LogP contribution in [0.3, 0.4) is 0 Å². The van der Waals surface area contributed by atoms with Gasteiger partial charge in [0.15, 0.2) is 6.61 Å². The van der Waals surface area contributed by atoms with E-state index in [4.69, 9.17) is 0 Å². The van der Waals surface area contributed by atoms with Gasteiger partial charge in [0, 0.05) is 5.57 Å². The van der Waals surface area contributed by atoms with E-state index in [9.17, 15) is 27.6 Å². The summed E-state index contributed by atoms with van der Waals surface area (Å²) in [6.45, 7) is 3.34. The van der Waals surface area contributed by atoms with Crippen molar-refractivity contribution in [3.8, 4) is 0 Å². The second-order valence-corrected chi connectivity index (χ2v) is 2.62. The monoisotopic (exact) mass is 240 g/mol. The second-order valence-electron chi connectivity index (χ2n) is 2.62. The van der Waals surface area contributed by atoms with Crippen molar-refractivity contribution in [3.63, 3.8) is 0 Å². The first-order valence-electron chi connectivity index (χ1n) is 3.79. The van der Waals surface area contributed by atoms with Crippen molar-refractivity contribution >= 4 is 17.9 Å². The highest BCUT2D eigenvalue weighted by molar-refractivity contribution is 5.92. The van der Waals surface area contributed by atoms with Crippen molar-refractivity contribution in [1.29, 1.82) is 0 Å². The SMILES string of the molecule is C=C(C)C(=O)OCC(=O)OC(=O)C(F)(F)F. The molecule has 0 saturated carbocycles. The number of rotatable bonds is 3. The summed E-state index contributed by atoms with van der Waals surface area (Å²) in [5, 5.41) is 0. The molecular weight excluding hydrogens is 233 g/mol. The molecule has 0 aromatic rings. The molecule has 0 radical (unpaired) electrons. The Morgan fingerprint density at radius 2 is 1.75 bits per heavy atom. The average molecular weight is 240 g/mol. The van der Waals surface area contributed by atoms with Crippen LogP contribution in [0.25, 0.3) is 0 Å². The quantitative estimate of drug-likeness (QED) is 0.413. The third-order valence-electron chi connectivity index (χ3n) is 1.11. The average Bonchev–Trinajstić information content (AvgIpc) is 2.12. The molecule has 0 aliphatic carbocycles. The molecule has 5 nitrogen and oxygen atoms in total. The van der Waals surface area contributed by atoms with Gasteiger partial charge in [0.2, 0.25) is 0 Å². The van der Waals surface area contributed by atoms with Crippen LogP contribution < -0.4 is 0 Å². The van der Waals surface area contributed by atoms with Crippen molar-refractivity contribution in [1.82, 2.24) is 0 Å². The van der Waals surface area contributed by atoms with Crippen LogP contribution in [0.15, 0.2) is 12.2 Å². The van der Waals surface area contributed by atoms with Crippen LogP contribution in [-0.4, -0.2) is 30.7 Å². The zero-order valence-electron chi connectivity index (χ0n) is 8.09. The molecule has 0 spiro atoms. The fourth-order valence-corrected chi connectivity index (χ4v) is 0.438. The highest BCUT2D eigenvalue weighted by Crippen LogP contribution is 2.16. The highest BCUT2D eigenvalue weighted by atomic mass is 19.4. The Labute approximate surface area is 87.8 Å². The zero-order chi connectivity index (χ0) is 12.9. The van der Waals surface area contributed by atoms with Crippen LogP contribution in [0.5, 0.6) is 0 Å². The predicted molar refractivity (Wildman–Crippen MR) is 42.9 cm³/mol. The van der Waals surface area contributed by atoms with E-state index in [0.717, 1.165) is 0 Å². The summed E-state index contributed by atoms with van der Waals surface area (Å²) in [5.74, 6) is -5.25. The molecule has 0 aromatic carbocycles. The Hall–Kier alpha value is -1.86. The topological polar surface area (TPSA) is 69.7 Å². The van der Waals surface area contributed by atoms with Crippen LogP contribution in [0.2, 0.25) is 0 Å². The minimum Gasteiger partial charge on any atom is -0.450 e. The summed E-state index contributed by atoms with van der Waals surface area (Å²) in [6.07, 6.45) is -5.27. The summed E-state index contributed by atoms with van der Waals surface area (Å²) in [7, 11) is 0. The van der Waals surface area contributed by atoms with Gasteiger partial charge in [-0.15, -0.1) is 0 Å². The first kappa shape index (κ1) is 14.1. The van der Waals surface area contributed by atoms with Gasteiger partial charge in [-0.05, 0) is 6.92 Å². The number of carbonyl (C=O) groups is 3. The molecule has 0 aliphatic rings. The van der Waals surface area contributed by atoms with Crippen LogP contribution in [-0.2, 0) is 23.9 Å². The Morgan fingerprint density at radius 3 is 2.12 bits per heavy atom. The first-order valence-corrected chi connectivity index (χ1v) is 3.79. The summed E-state index contributed by atoms with van der Waals surface area (Å²) in [6, 6.07) is 0. The van der Waals surface area contributed by atoms with Crippen molar-refractivity contribution in [3.05, 3.63) is 12.2 Å². The molecule has 0 amide bonds. The Kier molecular flexibility index (Phi) is 4.67. The maximum atomic E-state index is 11.6. The van der Waals surface area contributed by atoms with Gasteiger partial charge in [0.25, 0.3) is 0 Å². The Morgan fingerprint density at radius 1 is 1.25 bits per heavy atom. The maximum Gasteiger partial charge on any atom is 0.491 e. The van der Waals surface area contributed by atoms with Crippen molar-refractivity contribution in [2.45, 2.75) is 13.1 Å². The molecule has 0 aromatic heterocycles. The lowest BCUT2D eigenvalue weighted by molar-refractivity contribution is -0.203. The van der Waals surface area contributed by atoms with Crippen molar-refractivity contribution < 1.29 is 37.0 Å². The minimum absolute atomic E-state index is 0.0463. The third-order valence-corrected chi connectivity index (χ3v) is 1.11. The normalized spacial score (nSPS) is 10.5. The Bertz CT molecular complexity index is 331. The lowest BCUT2D eigenvalue weighted by atomic mass is 10.4. The molecule has 0 aliphatic heterocycles. The van der Waals surface area contributed by atoms with Gasteiger partial charge in [-0.1, -0.05) is 6.58 Å². The van der Waals surface area contributed by atoms with E-state index in [1.807, 2.05) is 0 Å². The summed E-state index contributed by atoms with van der Waals surface area (Å²) in [5.41, 5.74) is -0.0463.